The Morgan fingerprint density at radius 1 is 1.12 bits per heavy atom. The highest BCUT2D eigenvalue weighted by Gasteiger charge is 2.38. The third-order valence-electron chi connectivity index (χ3n) is 10.0. The van der Waals surface area contributed by atoms with Gasteiger partial charge < -0.3 is 24.2 Å². The van der Waals surface area contributed by atoms with Gasteiger partial charge in [0.15, 0.2) is 17.7 Å². The average molecular weight is 690 g/mol. The number of anilines is 1. The molecule has 0 amide bonds. The molecule has 0 aliphatic carbocycles. The number of ether oxygens (including phenoxy) is 3. The Kier molecular flexibility index (Phi) is 9.98. The fraction of sp³-hybridized carbons (Fsp3) is 0.500. The predicted octanol–water partition coefficient (Wildman–Crippen LogP) is 9.08. The Balaban J connectivity index is 1.59. The Labute approximate surface area is 293 Å². The zero-order valence-corrected chi connectivity index (χ0v) is 30.2. The van der Waals surface area contributed by atoms with Crippen LogP contribution in [0.25, 0.3) is 28.0 Å². The van der Waals surface area contributed by atoms with Crippen molar-refractivity contribution in [2.24, 2.45) is 0 Å². The van der Waals surface area contributed by atoms with E-state index in [-0.39, 0.29) is 17.5 Å². The number of hydrogen-bond donors (Lipinski definition) is 1. The van der Waals surface area contributed by atoms with E-state index in [9.17, 15) is 18.7 Å². The van der Waals surface area contributed by atoms with Crippen LogP contribution < -0.4 is 9.64 Å². The van der Waals surface area contributed by atoms with Gasteiger partial charge in [0, 0.05) is 48.6 Å². The van der Waals surface area contributed by atoms with E-state index in [1.807, 2.05) is 76.4 Å². The highest BCUT2D eigenvalue weighted by molar-refractivity contribution is 5.82. The largest absolute Gasteiger partial charge is 0.490 e. The molecule has 6 bridgehead atoms. The lowest BCUT2D eigenvalue weighted by atomic mass is 9.91. The standard InChI is InChI=1S/C40H49F2N3O5/c1-8-28-25(3)34(35(38(46)47)50-39(4,5)6)37-44-17-15-40(7,16-18-44)48-19-10-9-12-24(2)49-33-22-31(42)30(41)21-29(33)26-13-11-14-27(20-26)32-23-45(37)36(28)43-32/h11,13-14,20-24,35H,8-10,12,15-19H2,1-7H3,(H,46,47)/t24-,35-/m0/s1. The number of pyridine rings is 1. The smallest absolute Gasteiger partial charge is 0.337 e. The third-order valence-corrected chi connectivity index (χ3v) is 10.0. The second-order valence-electron chi connectivity index (χ2n) is 15.0. The number of hydrogen-bond acceptors (Lipinski definition) is 6. The minimum absolute atomic E-state index is 0.218. The number of nitrogens with zero attached hydrogens (tertiary/aromatic N) is 3. The molecule has 1 saturated heterocycles. The van der Waals surface area contributed by atoms with Crippen LogP contribution in [0.4, 0.5) is 14.6 Å². The molecule has 1 N–H and O–H groups in total. The lowest BCUT2D eigenvalue weighted by molar-refractivity contribution is -0.160. The molecule has 0 saturated carbocycles. The van der Waals surface area contributed by atoms with E-state index < -0.39 is 29.3 Å². The maximum Gasteiger partial charge on any atom is 0.337 e. The molecule has 0 spiro atoms. The van der Waals surface area contributed by atoms with Crippen LogP contribution in [0.2, 0.25) is 0 Å². The van der Waals surface area contributed by atoms with Crippen LogP contribution in [0.5, 0.6) is 5.75 Å². The zero-order chi connectivity index (χ0) is 36.0. The number of carboxylic acid groups (broad SMARTS) is 1. The summed E-state index contributed by atoms with van der Waals surface area (Å²) in [5.41, 5.74) is 4.66. The van der Waals surface area contributed by atoms with E-state index in [1.165, 1.54) is 6.07 Å². The average Bonchev–Trinajstić information content (AvgIpc) is 3.49. The lowest BCUT2D eigenvalue weighted by Gasteiger charge is -2.42. The van der Waals surface area contributed by atoms with Gasteiger partial charge in [-0.2, -0.15) is 0 Å². The molecular formula is C40H49F2N3O5. The second kappa shape index (κ2) is 13.9. The molecule has 2 aromatic heterocycles. The first kappa shape index (κ1) is 35.8. The van der Waals surface area contributed by atoms with Crippen LogP contribution >= 0.6 is 0 Å². The number of carbonyl (C=O) groups is 1. The molecule has 10 heteroatoms. The number of aliphatic carboxylic acids is 1. The Morgan fingerprint density at radius 2 is 1.82 bits per heavy atom. The second-order valence-corrected chi connectivity index (χ2v) is 15.0. The summed E-state index contributed by atoms with van der Waals surface area (Å²) in [6.45, 7) is 15.6. The molecule has 50 heavy (non-hydrogen) atoms. The van der Waals surface area contributed by atoms with Crippen LogP contribution in [0.15, 0.2) is 42.6 Å². The van der Waals surface area contributed by atoms with E-state index in [2.05, 4.69) is 11.8 Å². The van der Waals surface area contributed by atoms with Crippen molar-refractivity contribution in [1.82, 2.24) is 9.38 Å². The number of fused-ring (bicyclic) bond motifs is 8. The summed E-state index contributed by atoms with van der Waals surface area (Å²) in [5.74, 6) is -1.93. The van der Waals surface area contributed by atoms with Crippen LogP contribution in [0, 0.1) is 18.6 Å². The fourth-order valence-corrected chi connectivity index (χ4v) is 7.33. The molecule has 4 aromatic rings. The van der Waals surface area contributed by atoms with Crippen molar-refractivity contribution >= 4 is 17.4 Å². The van der Waals surface area contributed by atoms with Gasteiger partial charge in [0.05, 0.1) is 23.0 Å². The van der Waals surface area contributed by atoms with E-state index in [4.69, 9.17) is 19.2 Å². The van der Waals surface area contributed by atoms with Crippen LogP contribution in [0.1, 0.15) is 96.4 Å². The van der Waals surface area contributed by atoms with Gasteiger partial charge >= 0.3 is 5.97 Å². The van der Waals surface area contributed by atoms with Gasteiger partial charge in [-0.25, -0.2) is 18.6 Å². The number of aromatic nitrogens is 2. The van der Waals surface area contributed by atoms with E-state index in [0.717, 1.165) is 66.3 Å². The molecule has 5 heterocycles. The van der Waals surface area contributed by atoms with E-state index in [1.54, 1.807) is 0 Å². The third kappa shape index (κ3) is 7.23. The van der Waals surface area contributed by atoms with Crippen molar-refractivity contribution in [2.75, 3.05) is 24.6 Å². The summed E-state index contributed by atoms with van der Waals surface area (Å²) in [7, 11) is 0. The van der Waals surface area contributed by atoms with Gasteiger partial charge in [-0.1, -0.05) is 25.1 Å². The van der Waals surface area contributed by atoms with Crippen molar-refractivity contribution in [3.05, 3.63) is 70.9 Å². The van der Waals surface area contributed by atoms with Crippen molar-refractivity contribution < 1.29 is 32.9 Å². The fourth-order valence-electron chi connectivity index (χ4n) is 7.33. The van der Waals surface area contributed by atoms with E-state index in [0.29, 0.717) is 48.5 Å². The molecule has 2 aromatic carbocycles. The molecule has 0 unspecified atom stereocenters. The minimum atomic E-state index is -1.21. The SMILES string of the molecule is CCc1c(C)c([C@H](OC(C)(C)C)C(=O)O)c2n3cc(nc13)-c1cccc(c1)-c1cc(F)c(F)cc1O[C@@H](C)CCCCOC1(C)CCN2CC1. The number of piperidine rings is 1. The molecule has 3 aliphatic rings. The number of rotatable bonds is 4. The lowest BCUT2D eigenvalue weighted by Crippen LogP contribution is -2.45. The Morgan fingerprint density at radius 3 is 2.50 bits per heavy atom. The zero-order valence-electron chi connectivity index (χ0n) is 30.2. The van der Waals surface area contributed by atoms with Crippen LogP contribution in [-0.2, 0) is 20.7 Å². The summed E-state index contributed by atoms with van der Waals surface area (Å²) < 4.78 is 50.4. The number of halogens is 2. The van der Waals surface area contributed by atoms with Crippen molar-refractivity contribution in [2.45, 2.75) is 110 Å². The molecular weight excluding hydrogens is 640 g/mol. The van der Waals surface area contributed by atoms with Crippen LogP contribution in [-0.4, -0.2) is 57.5 Å². The van der Waals surface area contributed by atoms with Gasteiger partial charge in [0.1, 0.15) is 17.2 Å². The summed E-state index contributed by atoms with van der Waals surface area (Å²) in [4.78, 5) is 20.4. The van der Waals surface area contributed by atoms with Gasteiger partial charge in [-0.05, 0) is 109 Å². The summed E-state index contributed by atoms with van der Waals surface area (Å²) in [6.07, 6.45) is 5.11. The first-order valence-corrected chi connectivity index (χ1v) is 17.8. The van der Waals surface area contributed by atoms with Crippen LogP contribution in [0.3, 0.4) is 0 Å². The van der Waals surface area contributed by atoms with E-state index >= 15 is 0 Å². The predicted molar refractivity (Wildman–Crippen MR) is 191 cm³/mol. The van der Waals surface area contributed by atoms with Gasteiger partial charge in [-0.15, -0.1) is 0 Å². The highest BCUT2D eigenvalue weighted by Crippen LogP contribution is 2.42. The van der Waals surface area contributed by atoms with Crippen molar-refractivity contribution in [3.8, 4) is 28.1 Å². The summed E-state index contributed by atoms with van der Waals surface area (Å²) in [5, 5.41) is 10.7. The maximum atomic E-state index is 14.7. The molecule has 8 nitrogen and oxygen atoms in total. The molecule has 268 valence electrons. The number of carboxylic acids is 1. The van der Waals surface area contributed by atoms with Gasteiger partial charge in [-0.3, -0.25) is 4.40 Å². The highest BCUT2D eigenvalue weighted by atomic mass is 19.2. The summed E-state index contributed by atoms with van der Waals surface area (Å²) in [6, 6.07) is 9.89. The normalized spacial score (nSPS) is 20.8. The molecule has 1 fully saturated rings. The minimum Gasteiger partial charge on any atom is -0.490 e. The summed E-state index contributed by atoms with van der Waals surface area (Å²) >= 11 is 0. The van der Waals surface area contributed by atoms with Gasteiger partial charge in [0.25, 0.3) is 0 Å². The number of imidazole rings is 1. The number of aryl methyl sites for hydroxylation is 1. The monoisotopic (exact) mass is 689 g/mol. The molecule has 3 aliphatic heterocycles. The molecule has 0 radical (unpaired) electrons. The molecule has 7 rings (SSSR count). The first-order chi connectivity index (χ1) is 23.7. The maximum absolute atomic E-state index is 14.7. The van der Waals surface area contributed by atoms with Gasteiger partial charge in [0.2, 0.25) is 0 Å². The number of benzene rings is 2. The van der Waals surface area contributed by atoms with Crippen molar-refractivity contribution in [1.29, 1.82) is 0 Å². The topological polar surface area (TPSA) is 85.5 Å². The Hall–Kier alpha value is -4.02. The molecule has 2 atom stereocenters. The quantitative estimate of drug-likeness (QED) is 0.229. The van der Waals surface area contributed by atoms with Crippen molar-refractivity contribution in [3.63, 3.8) is 0 Å². The first-order valence-electron chi connectivity index (χ1n) is 17.8. The Bertz CT molecular complexity index is 1890.